The Bertz CT molecular complexity index is 1420. The fraction of sp³-hybridized carbons (Fsp3) is 0.660. The molecule has 1 aromatic heterocycles. The summed E-state index contributed by atoms with van der Waals surface area (Å²) >= 11 is 0. The number of aromatic nitrogens is 2. The molecule has 6 heteroatoms. The minimum absolute atomic E-state index is 0.0694. The van der Waals surface area contributed by atoms with Crippen LogP contribution in [0.2, 0.25) is 11.6 Å². The molecule has 3 aromatic rings. The zero-order valence-electron chi connectivity index (χ0n) is 34.9. The Labute approximate surface area is 330 Å². The van der Waals surface area contributed by atoms with Gasteiger partial charge in [-0.05, 0) is 47.1 Å². The Morgan fingerprint density at radius 3 is 1.77 bits per heavy atom. The number of fused-ring (bicyclic) bond motifs is 1. The van der Waals surface area contributed by atoms with E-state index in [4.69, 9.17) is 19.4 Å². The zero-order chi connectivity index (χ0) is 37.7. The van der Waals surface area contributed by atoms with Crippen LogP contribution in [0.15, 0.2) is 54.9 Å². The van der Waals surface area contributed by atoms with Crippen molar-refractivity contribution in [3.8, 4) is 34.0 Å². The van der Waals surface area contributed by atoms with Gasteiger partial charge in [-0.25, -0.2) is 9.97 Å². The summed E-state index contributed by atoms with van der Waals surface area (Å²) in [6.45, 7) is 14.4. The van der Waals surface area contributed by atoms with Gasteiger partial charge in [-0.15, -0.1) is 0 Å². The zero-order valence-corrected chi connectivity index (χ0v) is 37.7. The molecular weight excluding hydrogens is 681 g/mol. The van der Waals surface area contributed by atoms with Crippen LogP contribution in [0.4, 0.5) is 0 Å². The van der Waals surface area contributed by atoms with E-state index in [9.17, 15) is 0 Å². The second kappa shape index (κ2) is 24.9. The molecule has 5 unspecified atom stereocenters. The number of hydrogen-bond acceptors (Lipinski definition) is 4. The minimum atomic E-state index is -0.526. The molecule has 0 bridgehead atoms. The van der Waals surface area contributed by atoms with Crippen molar-refractivity contribution in [2.45, 2.75) is 181 Å². The van der Waals surface area contributed by atoms with Crippen LogP contribution in [0.25, 0.3) is 22.5 Å². The third kappa shape index (κ3) is 16.1. The smallest absolute Gasteiger partial charge is 0.213 e. The van der Waals surface area contributed by atoms with Crippen LogP contribution in [0.3, 0.4) is 0 Å². The summed E-state index contributed by atoms with van der Waals surface area (Å²) in [5, 5.41) is 1.53. The molecule has 2 aromatic carbocycles. The molecule has 0 aliphatic carbocycles. The predicted octanol–water partition coefficient (Wildman–Crippen LogP) is 12.4. The predicted molar refractivity (Wildman–Crippen MR) is 235 cm³/mol. The van der Waals surface area contributed by atoms with Crippen LogP contribution < -0.4 is 14.7 Å². The first kappa shape index (κ1) is 43.3. The van der Waals surface area contributed by atoms with E-state index < -0.39 is 9.52 Å². The van der Waals surface area contributed by atoms with Gasteiger partial charge in [0.05, 0.1) is 9.52 Å². The molecule has 0 fully saturated rings. The van der Waals surface area contributed by atoms with Crippen LogP contribution >= 0.6 is 0 Å². The first-order chi connectivity index (χ1) is 25.9. The van der Waals surface area contributed by atoms with Crippen LogP contribution in [0.1, 0.15) is 164 Å². The average molecular weight is 757 g/mol. The second-order valence-electron chi connectivity index (χ2n) is 17.1. The van der Waals surface area contributed by atoms with Gasteiger partial charge in [0, 0.05) is 23.5 Å². The molecule has 1 aliphatic heterocycles. The SMILES string of the molecule is CCCCCC(C)CCCCCCC(C)[SiH2]C1Oc2ccc(-c3ncc(-c4ccccc4[SiH2]CCC(C)CCCCC(C)CCCCC)cn3)cc2O1. The fourth-order valence-corrected chi connectivity index (χ4v) is 12.1. The lowest BCUT2D eigenvalue weighted by Crippen LogP contribution is -2.28. The van der Waals surface area contributed by atoms with E-state index in [1.807, 2.05) is 18.5 Å². The van der Waals surface area contributed by atoms with E-state index in [1.165, 1.54) is 139 Å². The molecule has 53 heavy (non-hydrogen) atoms. The van der Waals surface area contributed by atoms with Gasteiger partial charge in [0.2, 0.25) is 5.91 Å². The van der Waals surface area contributed by atoms with Crippen molar-refractivity contribution in [1.29, 1.82) is 0 Å². The lowest BCUT2D eigenvalue weighted by atomic mass is 9.94. The van der Waals surface area contributed by atoms with E-state index in [0.717, 1.165) is 51.7 Å². The van der Waals surface area contributed by atoms with Gasteiger partial charge in [0.15, 0.2) is 17.3 Å². The number of nitrogens with zero attached hydrogens (tertiary/aromatic N) is 2. The van der Waals surface area contributed by atoms with Crippen molar-refractivity contribution in [3.05, 3.63) is 54.9 Å². The maximum atomic E-state index is 6.36. The van der Waals surface area contributed by atoms with Crippen molar-refractivity contribution < 1.29 is 9.47 Å². The third-order valence-electron chi connectivity index (χ3n) is 11.8. The fourth-order valence-electron chi connectivity index (χ4n) is 8.21. The van der Waals surface area contributed by atoms with Gasteiger partial charge in [0.1, 0.15) is 9.52 Å². The maximum Gasteiger partial charge on any atom is 0.213 e. The second-order valence-corrected chi connectivity index (χ2v) is 21.6. The van der Waals surface area contributed by atoms with Gasteiger partial charge < -0.3 is 9.47 Å². The van der Waals surface area contributed by atoms with Crippen molar-refractivity contribution in [2.24, 2.45) is 17.8 Å². The lowest BCUT2D eigenvalue weighted by molar-refractivity contribution is 0.122. The van der Waals surface area contributed by atoms with Gasteiger partial charge >= 0.3 is 0 Å². The molecule has 0 amide bonds. The number of hydrogen-bond donors (Lipinski definition) is 0. The highest BCUT2D eigenvalue weighted by molar-refractivity contribution is 6.55. The van der Waals surface area contributed by atoms with Crippen LogP contribution in [-0.2, 0) is 0 Å². The molecule has 2 heterocycles. The molecular formula is C47H76N2O2Si2. The van der Waals surface area contributed by atoms with E-state index >= 15 is 0 Å². The normalized spacial score (nSPS) is 16.5. The van der Waals surface area contributed by atoms with E-state index in [2.05, 4.69) is 77.9 Å². The number of rotatable bonds is 28. The molecule has 0 saturated heterocycles. The van der Waals surface area contributed by atoms with Crippen molar-refractivity contribution in [3.63, 3.8) is 0 Å². The molecule has 0 N–H and O–H groups in total. The highest BCUT2D eigenvalue weighted by atomic mass is 28.2. The summed E-state index contributed by atoms with van der Waals surface area (Å²) in [7, 11) is -0.884. The van der Waals surface area contributed by atoms with Gasteiger partial charge in [-0.2, -0.15) is 0 Å². The van der Waals surface area contributed by atoms with Crippen LogP contribution in [0.5, 0.6) is 11.5 Å². The van der Waals surface area contributed by atoms with Gasteiger partial charge in [-0.3, -0.25) is 0 Å². The van der Waals surface area contributed by atoms with Crippen molar-refractivity contribution >= 4 is 24.2 Å². The van der Waals surface area contributed by atoms with Gasteiger partial charge in [0.25, 0.3) is 0 Å². The Morgan fingerprint density at radius 2 is 1.13 bits per heavy atom. The molecule has 5 atom stereocenters. The summed E-state index contributed by atoms with van der Waals surface area (Å²) in [6, 6.07) is 16.5. The van der Waals surface area contributed by atoms with E-state index in [0.29, 0.717) is 0 Å². The summed E-state index contributed by atoms with van der Waals surface area (Å²) in [6.07, 6.45) is 30.3. The summed E-state index contributed by atoms with van der Waals surface area (Å²) in [4.78, 5) is 9.68. The van der Waals surface area contributed by atoms with Gasteiger partial charge in [-0.1, -0.05) is 199 Å². The Morgan fingerprint density at radius 1 is 0.585 bits per heavy atom. The van der Waals surface area contributed by atoms with Crippen molar-refractivity contribution in [1.82, 2.24) is 9.97 Å². The molecule has 0 radical (unpaired) electrons. The minimum Gasteiger partial charge on any atom is -0.456 e. The average Bonchev–Trinajstić information content (AvgIpc) is 3.57. The molecule has 294 valence electrons. The van der Waals surface area contributed by atoms with Crippen molar-refractivity contribution in [2.75, 3.05) is 0 Å². The number of benzene rings is 2. The number of unbranched alkanes of at least 4 members (excludes halogenated alkanes) is 8. The topological polar surface area (TPSA) is 44.2 Å². The molecule has 0 spiro atoms. The van der Waals surface area contributed by atoms with Crippen LogP contribution in [0, 0.1) is 17.8 Å². The Balaban J connectivity index is 1.17. The molecule has 1 aliphatic rings. The first-order valence-corrected chi connectivity index (χ1v) is 25.6. The summed E-state index contributed by atoms with van der Waals surface area (Å²) < 4.78 is 12.6. The van der Waals surface area contributed by atoms with Crippen LogP contribution in [-0.4, -0.2) is 34.9 Å². The quantitative estimate of drug-likeness (QED) is 0.0547. The summed E-state index contributed by atoms with van der Waals surface area (Å²) in [5.74, 6) is 5.00. The standard InChI is InChI=1S/C47H76N2O2Si2/c1-7-9-13-21-36(3)23-15-11-12-16-26-39(6)53-47-50-43-30-29-40(33-44(43)51-47)46-48-34-41(35-49-46)42-27-19-20-28-45(42)52-32-31-38(5)25-18-17-24-37(4)22-14-10-8-2/h19-20,27-30,33-39,47H,7-18,21-26,31-32,52-53H2,1-6H3. The highest BCUT2D eigenvalue weighted by Crippen LogP contribution is 2.38. The number of ether oxygens (including phenoxy) is 2. The Kier molecular flexibility index (Phi) is 20.3. The maximum absolute atomic E-state index is 6.36. The molecule has 0 saturated carbocycles. The van der Waals surface area contributed by atoms with E-state index in [-0.39, 0.29) is 15.4 Å². The molecule has 4 rings (SSSR count). The largest absolute Gasteiger partial charge is 0.456 e. The summed E-state index contributed by atoms with van der Waals surface area (Å²) in [5.41, 5.74) is 4.14. The third-order valence-corrected chi connectivity index (χ3v) is 15.7. The lowest BCUT2D eigenvalue weighted by Gasteiger charge is -2.15. The van der Waals surface area contributed by atoms with E-state index in [1.54, 1.807) is 0 Å². The highest BCUT2D eigenvalue weighted by Gasteiger charge is 2.27. The molecule has 4 nitrogen and oxygen atoms in total. The monoisotopic (exact) mass is 757 g/mol. The first-order valence-electron chi connectivity index (χ1n) is 22.2. The Hall–Kier alpha value is -2.45.